The van der Waals surface area contributed by atoms with E-state index in [4.69, 9.17) is 17.0 Å². The minimum Gasteiger partial charge on any atom is -0.465 e. The van der Waals surface area contributed by atoms with E-state index < -0.39 is 0 Å². The molecule has 5 nitrogen and oxygen atoms in total. The minimum absolute atomic E-state index is 0.216. The quantitative estimate of drug-likeness (QED) is 0.341. The van der Waals surface area contributed by atoms with Gasteiger partial charge in [0.1, 0.15) is 5.00 Å². The SMILES string of the molecule is COC(=O)c1c(NC(=S)N2CCN(C(c3ccccc3)c3ccccc3)CC2)sc2c1CCC(C)C2. The molecule has 0 bridgehead atoms. The number of thiocarbonyl (C=S) groups is 1. The molecule has 36 heavy (non-hydrogen) atoms. The third kappa shape index (κ3) is 5.19. The second-order valence-corrected chi connectivity index (χ2v) is 11.2. The summed E-state index contributed by atoms with van der Waals surface area (Å²) in [4.78, 5) is 18.7. The van der Waals surface area contributed by atoms with Crippen LogP contribution in [0.1, 0.15) is 51.3 Å². The number of ether oxygens (including phenoxy) is 1. The highest BCUT2D eigenvalue weighted by Crippen LogP contribution is 2.40. The Labute approximate surface area is 223 Å². The Bertz CT molecular complexity index is 1160. The predicted molar refractivity (Wildman–Crippen MR) is 151 cm³/mol. The van der Waals surface area contributed by atoms with Gasteiger partial charge in [0.15, 0.2) is 5.11 Å². The Morgan fingerprint density at radius 3 is 2.22 bits per heavy atom. The average molecular weight is 520 g/mol. The van der Waals surface area contributed by atoms with Crippen LogP contribution in [0.5, 0.6) is 0 Å². The largest absolute Gasteiger partial charge is 0.465 e. The number of fused-ring (bicyclic) bond motifs is 1. The lowest BCUT2D eigenvalue weighted by Gasteiger charge is -2.40. The van der Waals surface area contributed by atoms with Gasteiger partial charge in [0.25, 0.3) is 0 Å². The fourth-order valence-electron chi connectivity index (χ4n) is 5.40. The molecule has 0 saturated carbocycles. The molecule has 2 heterocycles. The molecule has 1 saturated heterocycles. The Hall–Kier alpha value is -2.74. The van der Waals surface area contributed by atoms with Gasteiger partial charge in [0.05, 0.1) is 18.7 Å². The monoisotopic (exact) mass is 519 g/mol. The number of methoxy groups -OCH3 is 1. The number of carbonyl (C=O) groups excluding carboxylic acids is 1. The normalized spacial score (nSPS) is 18.1. The molecule has 0 amide bonds. The molecule has 1 atom stereocenters. The molecule has 7 heteroatoms. The summed E-state index contributed by atoms with van der Waals surface area (Å²) in [5, 5.41) is 4.95. The summed E-state index contributed by atoms with van der Waals surface area (Å²) < 4.78 is 5.14. The highest BCUT2D eigenvalue weighted by Gasteiger charge is 2.31. The van der Waals surface area contributed by atoms with Gasteiger partial charge in [0.2, 0.25) is 0 Å². The molecule has 0 spiro atoms. The molecule has 1 aliphatic heterocycles. The van der Waals surface area contributed by atoms with Crippen LogP contribution >= 0.6 is 23.6 Å². The molecule has 1 aromatic heterocycles. The lowest BCUT2D eigenvalue weighted by atomic mass is 9.88. The Morgan fingerprint density at radius 2 is 1.64 bits per heavy atom. The number of nitrogens with zero attached hydrogens (tertiary/aromatic N) is 2. The van der Waals surface area contributed by atoms with Crippen molar-refractivity contribution in [2.75, 3.05) is 38.6 Å². The molecule has 1 N–H and O–H groups in total. The van der Waals surface area contributed by atoms with Gasteiger partial charge in [0, 0.05) is 31.1 Å². The third-order valence-corrected chi connectivity index (χ3v) is 8.85. The van der Waals surface area contributed by atoms with Crippen molar-refractivity contribution in [3.05, 3.63) is 87.8 Å². The molecule has 1 fully saturated rings. The van der Waals surface area contributed by atoms with Gasteiger partial charge >= 0.3 is 5.97 Å². The first-order valence-corrected chi connectivity index (χ1v) is 13.9. The second kappa shape index (κ2) is 11.1. The van der Waals surface area contributed by atoms with Crippen LogP contribution in [0.4, 0.5) is 5.00 Å². The highest BCUT2D eigenvalue weighted by molar-refractivity contribution is 7.80. The van der Waals surface area contributed by atoms with E-state index in [-0.39, 0.29) is 12.0 Å². The molecule has 0 radical (unpaired) electrons. The zero-order valence-electron chi connectivity index (χ0n) is 20.9. The summed E-state index contributed by atoms with van der Waals surface area (Å²) in [6.07, 6.45) is 3.03. The van der Waals surface area contributed by atoms with E-state index in [1.165, 1.54) is 23.1 Å². The van der Waals surface area contributed by atoms with Crippen LogP contribution in [0.3, 0.4) is 0 Å². The molecular formula is C29H33N3O2S2. The number of thiophene rings is 1. The van der Waals surface area contributed by atoms with Gasteiger partial charge in [-0.05, 0) is 54.1 Å². The van der Waals surface area contributed by atoms with Crippen molar-refractivity contribution in [3.63, 3.8) is 0 Å². The van der Waals surface area contributed by atoms with E-state index >= 15 is 0 Å². The topological polar surface area (TPSA) is 44.8 Å². The van der Waals surface area contributed by atoms with Crippen LogP contribution in [0.25, 0.3) is 0 Å². The van der Waals surface area contributed by atoms with Gasteiger partial charge < -0.3 is 15.0 Å². The van der Waals surface area contributed by atoms with Crippen LogP contribution in [-0.4, -0.2) is 54.2 Å². The van der Waals surface area contributed by atoms with Crippen LogP contribution in [-0.2, 0) is 17.6 Å². The van der Waals surface area contributed by atoms with Crippen molar-refractivity contribution in [1.82, 2.24) is 9.80 Å². The third-order valence-electron chi connectivity index (χ3n) is 7.32. The van der Waals surface area contributed by atoms with Gasteiger partial charge in [-0.25, -0.2) is 4.79 Å². The number of rotatable bonds is 5. The number of piperazine rings is 1. The number of nitrogens with one attached hydrogen (secondary N) is 1. The molecule has 188 valence electrons. The van der Waals surface area contributed by atoms with Crippen LogP contribution < -0.4 is 5.32 Å². The number of anilines is 1. The number of esters is 1. The lowest BCUT2D eigenvalue weighted by Crippen LogP contribution is -2.51. The first-order valence-electron chi connectivity index (χ1n) is 12.7. The summed E-state index contributed by atoms with van der Waals surface area (Å²) in [7, 11) is 1.45. The van der Waals surface area contributed by atoms with E-state index in [0.29, 0.717) is 16.6 Å². The number of hydrogen-bond acceptors (Lipinski definition) is 5. The fourth-order valence-corrected chi connectivity index (χ4v) is 7.15. The lowest BCUT2D eigenvalue weighted by molar-refractivity contribution is 0.0601. The summed E-state index contributed by atoms with van der Waals surface area (Å²) in [6, 6.07) is 21.7. The smallest absolute Gasteiger partial charge is 0.341 e. The number of benzene rings is 2. The summed E-state index contributed by atoms with van der Waals surface area (Å²) in [5.41, 5.74) is 4.44. The molecule has 5 rings (SSSR count). The zero-order chi connectivity index (χ0) is 25.1. The summed E-state index contributed by atoms with van der Waals surface area (Å²) >= 11 is 7.51. The molecule has 3 aromatic rings. The molecule has 1 unspecified atom stereocenters. The van der Waals surface area contributed by atoms with Crippen LogP contribution in [0, 0.1) is 5.92 Å². The molecule has 2 aliphatic rings. The van der Waals surface area contributed by atoms with E-state index in [9.17, 15) is 4.79 Å². The second-order valence-electron chi connectivity index (χ2n) is 9.72. The van der Waals surface area contributed by atoms with Crippen molar-refractivity contribution < 1.29 is 9.53 Å². The first kappa shape index (κ1) is 24.9. The molecule has 2 aromatic carbocycles. The molecular weight excluding hydrogens is 486 g/mol. The van der Waals surface area contributed by atoms with E-state index in [1.54, 1.807) is 11.3 Å². The Kier molecular flexibility index (Phi) is 7.70. The summed E-state index contributed by atoms with van der Waals surface area (Å²) in [5.74, 6) is 0.363. The zero-order valence-corrected chi connectivity index (χ0v) is 22.5. The maximum absolute atomic E-state index is 12.7. The van der Waals surface area contributed by atoms with Gasteiger partial charge in [-0.2, -0.15) is 0 Å². The maximum atomic E-state index is 12.7. The van der Waals surface area contributed by atoms with Gasteiger partial charge in [-0.1, -0.05) is 67.6 Å². The fraction of sp³-hybridized carbons (Fsp3) is 0.379. The van der Waals surface area contributed by atoms with Gasteiger partial charge in [-0.3, -0.25) is 4.90 Å². The number of hydrogen-bond donors (Lipinski definition) is 1. The van der Waals surface area contributed by atoms with Crippen molar-refractivity contribution in [3.8, 4) is 0 Å². The Balaban J connectivity index is 1.30. The molecule has 1 aliphatic carbocycles. The average Bonchev–Trinajstić information content (AvgIpc) is 3.26. The maximum Gasteiger partial charge on any atom is 0.341 e. The van der Waals surface area contributed by atoms with Gasteiger partial charge in [-0.15, -0.1) is 11.3 Å². The van der Waals surface area contributed by atoms with Crippen LogP contribution in [0.2, 0.25) is 0 Å². The van der Waals surface area contributed by atoms with Crippen molar-refractivity contribution in [2.24, 2.45) is 5.92 Å². The van der Waals surface area contributed by atoms with Crippen molar-refractivity contribution >= 4 is 39.6 Å². The van der Waals surface area contributed by atoms with Crippen molar-refractivity contribution in [1.29, 1.82) is 0 Å². The standard InChI is InChI=1S/C29H33N3O2S2/c1-20-13-14-23-24(19-20)36-27(25(23)28(33)34-2)30-29(35)32-17-15-31(16-18-32)26(21-9-5-3-6-10-21)22-11-7-4-8-12-22/h3-12,20,26H,13-19H2,1-2H3,(H,30,35). The predicted octanol–water partition coefficient (Wildman–Crippen LogP) is 5.76. The summed E-state index contributed by atoms with van der Waals surface area (Å²) in [6.45, 7) is 5.74. The van der Waals surface area contributed by atoms with Crippen molar-refractivity contribution in [2.45, 2.75) is 32.2 Å². The Morgan fingerprint density at radius 1 is 1.03 bits per heavy atom. The first-order chi connectivity index (χ1) is 17.5. The van der Waals surface area contributed by atoms with E-state index in [2.05, 4.69) is 82.7 Å². The highest BCUT2D eigenvalue weighted by atomic mass is 32.1. The number of carbonyl (C=O) groups is 1. The minimum atomic E-state index is -0.272. The van der Waals surface area contributed by atoms with E-state index in [0.717, 1.165) is 56.0 Å². The van der Waals surface area contributed by atoms with Crippen LogP contribution in [0.15, 0.2) is 60.7 Å². The van der Waals surface area contributed by atoms with E-state index in [1.807, 2.05) is 0 Å².